The normalized spacial score (nSPS) is 21.1. The second kappa shape index (κ2) is 6.68. The third-order valence-corrected chi connectivity index (χ3v) is 2.88. The summed E-state index contributed by atoms with van der Waals surface area (Å²) in [7, 11) is 0. The zero-order valence-electron chi connectivity index (χ0n) is 9.67. The fourth-order valence-corrected chi connectivity index (χ4v) is 1.94. The van der Waals surface area contributed by atoms with E-state index in [-0.39, 0.29) is 0 Å². The molecule has 1 aromatic rings. The zero-order chi connectivity index (χ0) is 11.1. The molecule has 2 rings (SSSR count). The first-order valence-electron chi connectivity index (χ1n) is 6.10. The van der Waals surface area contributed by atoms with Gasteiger partial charge < -0.3 is 20.4 Å². The number of hydrogen-bond donors (Lipinski definition) is 3. The van der Waals surface area contributed by atoms with Gasteiger partial charge in [-0.2, -0.15) is 0 Å². The van der Waals surface area contributed by atoms with Crippen molar-refractivity contribution in [3.8, 4) is 0 Å². The third-order valence-electron chi connectivity index (χ3n) is 2.88. The number of ether oxygens (including phenoxy) is 1. The average Bonchev–Trinajstić information content (AvgIpc) is 2.83. The molecule has 1 fully saturated rings. The van der Waals surface area contributed by atoms with E-state index in [1.807, 2.05) is 12.3 Å². The molecule has 0 amide bonds. The second-order valence-electron chi connectivity index (χ2n) is 4.18. The van der Waals surface area contributed by atoms with Crippen molar-refractivity contribution in [3.05, 3.63) is 24.0 Å². The van der Waals surface area contributed by atoms with Crippen LogP contribution in [0.5, 0.6) is 0 Å². The lowest BCUT2D eigenvalue weighted by molar-refractivity contribution is 0.0239. The minimum absolute atomic E-state index is 0.395. The van der Waals surface area contributed by atoms with E-state index in [1.165, 1.54) is 5.69 Å². The van der Waals surface area contributed by atoms with Gasteiger partial charge in [0.15, 0.2) is 0 Å². The highest BCUT2D eigenvalue weighted by molar-refractivity contribution is 5.03. The molecule has 4 heteroatoms. The SMILES string of the molecule is c1c[nH]c(CCNCCC2CNCCO2)c1. The lowest BCUT2D eigenvalue weighted by Gasteiger charge is -2.23. The summed E-state index contributed by atoms with van der Waals surface area (Å²) in [5, 5.41) is 6.78. The quantitative estimate of drug-likeness (QED) is 0.616. The maximum atomic E-state index is 5.62. The first kappa shape index (κ1) is 11.6. The first-order valence-corrected chi connectivity index (χ1v) is 6.10. The van der Waals surface area contributed by atoms with Crippen molar-refractivity contribution < 1.29 is 4.74 Å². The number of aromatic nitrogens is 1. The Morgan fingerprint density at radius 3 is 3.19 bits per heavy atom. The average molecular weight is 223 g/mol. The van der Waals surface area contributed by atoms with Crippen molar-refractivity contribution in [1.29, 1.82) is 0 Å². The number of rotatable bonds is 6. The molecule has 0 aromatic carbocycles. The van der Waals surface area contributed by atoms with Gasteiger partial charge in [-0.3, -0.25) is 0 Å². The van der Waals surface area contributed by atoms with Gasteiger partial charge in [-0.05, 0) is 31.5 Å². The van der Waals surface area contributed by atoms with E-state index in [0.29, 0.717) is 6.10 Å². The number of morpholine rings is 1. The summed E-state index contributed by atoms with van der Waals surface area (Å²) in [5.41, 5.74) is 1.29. The zero-order valence-corrected chi connectivity index (χ0v) is 9.67. The highest BCUT2D eigenvalue weighted by atomic mass is 16.5. The summed E-state index contributed by atoms with van der Waals surface area (Å²) in [6.45, 7) is 4.91. The Morgan fingerprint density at radius 1 is 1.44 bits per heavy atom. The van der Waals surface area contributed by atoms with Crippen molar-refractivity contribution in [1.82, 2.24) is 15.6 Å². The van der Waals surface area contributed by atoms with E-state index in [2.05, 4.69) is 21.7 Å². The van der Waals surface area contributed by atoms with E-state index in [1.54, 1.807) is 0 Å². The minimum atomic E-state index is 0.395. The van der Waals surface area contributed by atoms with Crippen LogP contribution in [0.25, 0.3) is 0 Å². The van der Waals surface area contributed by atoms with E-state index in [4.69, 9.17) is 4.74 Å². The fraction of sp³-hybridized carbons (Fsp3) is 0.667. The van der Waals surface area contributed by atoms with Crippen molar-refractivity contribution in [3.63, 3.8) is 0 Å². The molecule has 1 aliphatic heterocycles. The molecule has 4 nitrogen and oxygen atoms in total. The van der Waals surface area contributed by atoms with Crippen LogP contribution in [-0.4, -0.2) is 43.9 Å². The van der Waals surface area contributed by atoms with Crippen LogP contribution in [0.3, 0.4) is 0 Å². The summed E-state index contributed by atoms with van der Waals surface area (Å²) in [6.07, 6.45) is 4.53. The Balaban J connectivity index is 1.48. The molecular formula is C12H21N3O. The van der Waals surface area contributed by atoms with E-state index >= 15 is 0 Å². The molecule has 1 aliphatic rings. The largest absolute Gasteiger partial charge is 0.376 e. The molecule has 0 aliphatic carbocycles. The summed E-state index contributed by atoms with van der Waals surface area (Å²) >= 11 is 0. The number of aromatic amines is 1. The van der Waals surface area contributed by atoms with Gasteiger partial charge in [-0.15, -0.1) is 0 Å². The Bertz CT molecular complexity index is 268. The predicted molar refractivity (Wildman–Crippen MR) is 64.6 cm³/mol. The smallest absolute Gasteiger partial charge is 0.0712 e. The Labute approximate surface area is 96.8 Å². The maximum absolute atomic E-state index is 5.62. The van der Waals surface area contributed by atoms with Crippen LogP contribution in [0.4, 0.5) is 0 Å². The van der Waals surface area contributed by atoms with Gasteiger partial charge >= 0.3 is 0 Å². The Morgan fingerprint density at radius 2 is 2.44 bits per heavy atom. The molecule has 0 radical (unpaired) electrons. The standard InChI is InChI=1S/C12H21N3O/c1-2-11(15-5-1)3-6-13-7-4-12-10-14-8-9-16-12/h1-2,5,12-15H,3-4,6-10H2. The van der Waals surface area contributed by atoms with Crippen LogP contribution < -0.4 is 10.6 Å². The summed E-state index contributed by atoms with van der Waals surface area (Å²) < 4.78 is 5.62. The maximum Gasteiger partial charge on any atom is 0.0712 e. The number of H-pyrrole nitrogens is 1. The molecule has 0 bridgehead atoms. The van der Waals surface area contributed by atoms with Gasteiger partial charge in [0.25, 0.3) is 0 Å². The van der Waals surface area contributed by atoms with Crippen LogP contribution in [0.15, 0.2) is 18.3 Å². The lowest BCUT2D eigenvalue weighted by Crippen LogP contribution is -2.40. The van der Waals surface area contributed by atoms with E-state index < -0.39 is 0 Å². The van der Waals surface area contributed by atoms with Crippen molar-refractivity contribution in [2.24, 2.45) is 0 Å². The molecular weight excluding hydrogens is 202 g/mol. The number of hydrogen-bond acceptors (Lipinski definition) is 3. The highest BCUT2D eigenvalue weighted by Gasteiger charge is 2.11. The molecule has 0 saturated carbocycles. The topological polar surface area (TPSA) is 49.1 Å². The van der Waals surface area contributed by atoms with E-state index in [9.17, 15) is 0 Å². The summed E-state index contributed by atoms with van der Waals surface area (Å²) in [5.74, 6) is 0. The monoisotopic (exact) mass is 223 g/mol. The molecule has 1 saturated heterocycles. The van der Waals surface area contributed by atoms with Crippen molar-refractivity contribution in [2.45, 2.75) is 18.9 Å². The van der Waals surface area contributed by atoms with Crippen molar-refractivity contribution >= 4 is 0 Å². The summed E-state index contributed by atoms with van der Waals surface area (Å²) in [4.78, 5) is 3.20. The van der Waals surface area contributed by atoms with Crippen LogP contribution >= 0.6 is 0 Å². The van der Waals surface area contributed by atoms with Crippen molar-refractivity contribution in [2.75, 3.05) is 32.8 Å². The van der Waals surface area contributed by atoms with Crippen LogP contribution in [0, 0.1) is 0 Å². The van der Waals surface area contributed by atoms with Gasteiger partial charge in [0.1, 0.15) is 0 Å². The lowest BCUT2D eigenvalue weighted by atomic mass is 10.2. The molecule has 0 spiro atoms. The third kappa shape index (κ3) is 3.96. The van der Waals surface area contributed by atoms with Gasteiger partial charge in [-0.25, -0.2) is 0 Å². The molecule has 16 heavy (non-hydrogen) atoms. The van der Waals surface area contributed by atoms with Crippen LogP contribution in [0.2, 0.25) is 0 Å². The molecule has 90 valence electrons. The van der Waals surface area contributed by atoms with Gasteiger partial charge in [-0.1, -0.05) is 0 Å². The Kier molecular flexibility index (Phi) is 4.86. The van der Waals surface area contributed by atoms with E-state index in [0.717, 1.165) is 45.6 Å². The second-order valence-corrected chi connectivity index (χ2v) is 4.18. The molecule has 1 atom stereocenters. The molecule has 3 N–H and O–H groups in total. The van der Waals surface area contributed by atoms with Gasteiger partial charge in [0.05, 0.1) is 12.7 Å². The van der Waals surface area contributed by atoms with Crippen LogP contribution in [-0.2, 0) is 11.2 Å². The summed E-state index contributed by atoms with van der Waals surface area (Å²) in [6, 6.07) is 4.16. The molecule has 2 heterocycles. The predicted octanol–water partition coefficient (Wildman–Crippen LogP) is 0.525. The van der Waals surface area contributed by atoms with Crippen LogP contribution in [0.1, 0.15) is 12.1 Å². The van der Waals surface area contributed by atoms with Gasteiger partial charge in [0, 0.05) is 31.5 Å². The minimum Gasteiger partial charge on any atom is -0.376 e. The van der Waals surface area contributed by atoms with Gasteiger partial charge in [0.2, 0.25) is 0 Å². The highest BCUT2D eigenvalue weighted by Crippen LogP contribution is 2.00. The first-order chi connectivity index (χ1) is 7.95. The molecule has 1 aromatic heterocycles. The fourth-order valence-electron chi connectivity index (χ4n) is 1.94. The molecule has 1 unspecified atom stereocenters. The Hall–Kier alpha value is -0.840. The number of nitrogens with one attached hydrogen (secondary N) is 3.